The second-order valence-corrected chi connectivity index (χ2v) is 6.34. The highest BCUT2D eigenvalue weighted by Gasteiger charge is 2.20. The van der Waals surface area contributed by atoms with Crippen molar-refractivity contribution in [3.8, 4) is 0 Å². The van der Waals surface area contributed by atoms with Crippen molar-refractivity contribution in [2.24, 2.45) is 0 Å². The first-order chi connectivity index (χ1) is 12.5. The van der Waals surface area contributed by atoms with Gasteiger partial charge < -0.3 is 14.6 Å². The van der Waals surface area contributed by atoms with Crippen molar-refractivity contribution in [2.45, 2.75) is 20.4 Å². The molecule has 0 saturated carbocycles. The van der Waals surface area contributed by atoms with Crippen LogP contribution in [0.4, 0.5) is 5.69 Å². The standard InChI is InChI=1S/C20H19ClN2O3/c1-4-23-17-10-7-14(21)11-16(17)12(2)18(23)19(24)22-15-8-5-13(6-9-15)20(25)26-3/h5-11H,4H2,1-3H3,(H,22,24). The van der Waals surface area contributed by atoms with Gasteiger partial charge in [0.15, 0.2) is 0 Å². The number of fused-ring (bicyclic) bond motifs is 1. The molecule has 0 atom stereocenters. The molecule has 0 aliphatic rings. The Labute approximate surface area is 156 Å². The van der Waals surface area contributed by atoms with Gasteiger partial charge in [-0.3, -0.25) is 4.79 Å². The molecule has 3 aromatic rings. The first-order valence-electron chi connectivity index (χ1n) is 8.24. The lowest BCUT2D eigenvalue weighted by molar-refractivity contribution is 0.0600. The van der Waals surface area contributed by atoms with Gasteiger partial charge in [-0.1, -0.05) is 11.6 Å². The SMILES string of the molecule is CCn1c(C(=O)Nc2ccc(C(=O)OC)cc2)c(C)c2cc(Cl)ccc21. The molecule has 1 N–H and O–H groups in total. The number of aryl methyl sites for hydroxylation is 2. The number of methoxy groups -OCH3 is 1. The minimum atomic E-state index is -0.415. The van der Waals surface area contributed by atoms with E-state index in [1.165, 1.54) is 7.11 Å². The van der Waals surface area contributed by atoms with Crippen LogP contribution in [0.1, 0.15) is 33.3 Å². The molecule has 0 saturated heterocycles. The van der Waals surface area contributed by atoms with E-state index in [0.717, 1.165) is 16.5 Å². The van der Waals surface area contributed by atoms with E-state index in [9.17, 15) is 9.59 Å². The van der Waals surface area contributed by atoms with Crippen LogP contribution in [0.15, 0.2) is 42.5 Å². The second-order valence-electron chi connectivity index (χ2n) is 5.90. The maximum absolute atomic E-state index is 12.9. The van der Waals surface area contributed by atoms with Gasteiger partial charge in [-0.05, 0) is 61.9 Å². The quantitative estimate of drug-likeness (QED) is 0.679. The van der Waals surface area contributed by atoms with Gasteiger partial charge in [0.05, 0.1) is 12.7 Å². The summed E-state index contributed by atoms with van der Waals surface area (Å²) in [6.45, 7) is 4.57. The van der Waals surface area contributed by atoms with E-state index < -0.39 is 5.97 Å². The number of halogens is 1. The number of nitrogens with one attached hydrogen (secondary N) is 1. The molecule has 0 radical (unpaired) electrons. The van der Waals surface area contributed by atoms with Crippen molar-refractivity contribution >= 4 is 40.1 Å². The summed E-state index contributed by atoms with van der Waals surface area (Å²) < 4.78 is 6.65. The van der Waals surface area contributed by atoms with Gasteiger partial charge in [0.1, 0.15) is 5.69 Å². The van der Waals surface area contributed by atoms with Crippen LogP contribution in [0.2, 0.25) is 5.02 Å². The van der Waals surface area contributed by atoms with Gasteiger partial charge in [-0.2, -0.15) is 0 Å². The van der Waals surface area contributed by atoms with Gasteiger partial charge >= 0.3 is 5.97 Å². The smallest absolute Gasteiger partial charge is 0.337 e. The summed E-state index contributed by atoms with van der Waals surface area (Å²) in [6.07, 6.45) is 0. The monoisotopic (exact) mass is 370 g/mol. The molecule has 5 nitrogen and oxygen atoms in total. The number of aromatic nitrogens is 1. The molecule has 26 heavy (non-hydrogen) atoms. The topological polar surface area (TPSA) is 60.3 Å². The lowest BCUT2D eigenvalue weighted by Crippen LogP contribution is -2.18. The van der Waals surface area contributed by atoms with E-state index >= 15 is 0 Å². The van der Waals surface area contributed by atoms with Gasteiger partial charge in [0.2, 0.25) is 0 Å². The van der Waals surface area contributed by atoms with Crippen molar-refractivity contribution in [1.29, 1.82) is 0 Å². The summed E-state index contributed by atoms with van der Waals surface area (Å²) in [4.78, 5) is 24.4. The summed E-state index contributed by atoms with van der Waals surface area (Å²) in [5, 5.41) is 4.49. The first kappa shape index (κ1) is 18.0. The largest absolute Gasteiger partial charge is 0.465 e. The molecular weight excluding hydrogens is 352 g/mol. The Bertz CT molecular complexity index is 990. The van der Waals surface area contributed by atoms with Crippen LogP contribution in [0.5, 0.6) is 0 Å². The highest BCUT2D eigenvalue weighted by atomic mass is 35.5. The summed E-state index contributed by atoms with van der Waals surface area (Å²) in [7, 11) is 1.33. The predicted molar refractivity (Wildman–Crippen MR) is 103 cm³/mol. The molecule has 6 heteroatoms. The Morgan fingerprint density at radius 3 is 2.46 bits per heavy atom. The van der Waals surface area contributed by atoms with Crippen molar-refractivity contribution in [1.82, 2.24) is 4.57 Å². The third kappa shape index (κ3) is 3.18. The lowest BCUT2D eigenvalue weighted by atomic mass is 10.1. The van der Waals surface area contributed by atoms with Gasteiger partial charge in [0.25, 0.3) is 5.91 Å². The summed E-state index contributed by atoms with van der Waals surface area (Å²) in [5.41, 5.74) is 3.49. The fourth-order valence-electron chi connectivity index (χ4n) is 3.11. The number of nitrogens with zero attached hydrogens (tertiary/aromatic N) is 1. The molecule has 0 spiro atoms. The summed E-state index contributed by atoms with van der Waals surface area (Å²) in [5.74, 6) is -0.621. The van der Waals surface area contributed by atoms with Crippen LogP contribution >= 0.6 is 11.6 Å². The van der Waals surface area contributed by atoms with Crippen molar-refractivity contribution in [3.05, 3.63) is 64.3 Å². The average Bonchev–Trinajstić information content (AvgIpc) is 2.93. The Kier molecular flexibility index (Phi) is 5.00. The maximum Gasteiger partial charge on any atom is 0.337 e. The van der Waals surface area contributed by atoms with Crippen LogP contribution in [-0.2, 0) is 11.3 Å². The van der Waals surface area contributed by atoms with E-state index in [0.29, 0.717) is 28.5 Å². The average molecular weight is 371 g/mol. The van der Waals surface area contributed by atoms with Crippen molar-refractivity contribution in [2.75, 3.05) is 12.4 Å². The minimum absolute atomic E-state index is 0.206. The third-order valence-electron chi connectivity index (χ3n) is 4.37. The number of anilines is 1. The van der Waals surface area contributed by atoms with E-state index in [4.69, 9.17) is 11.6 Å². The van der Waals surface area contributed by atoms with E-state index in [1.807, 2.05) is 36.6 Å². The molecule has 0 aliphatic heterocycles. The zero-order valence-corrected chi connectivity index (χ0v) is 15.6. The van der Waals surface area contributed by atoms with Crippen LogP contribution in [0.3, 0.4) is 0 Å². The lowest BCUT2D eigenvalue weighted by Gasteiger charge is -2.10. The van der Waals surface area contributed by atoms with E-state index in [-0.39, 0.29) is 5.91 Å². The number of carbonyl (C=O) groups excluding carboxylic acids is 2. The fourth-order valence-corrected chi connectivity index (χ4v) is 3.29. The molecular formula is C20H19ClN2O3. The maximum atomic E-state index is 12.9. The van der Waals surface area contributed by atoms with Gasteiger partial charge in [-0.15, -0.1) is 0 Å². The molecule has 3 rings (SSSR count). The predicted octanol–water partition coefficient (Wildman–Crippen LogP) is 4.66. The molecule has 2 aromatic carbocycles. The fraction of sp³-hybridized carbons (Fsp3) is 0.200. The number of rotatable bonds is 4. The number of hydrogen-bond donors (Lipinski definition) is 1. The Balaban J connectivity index is 1.95. The van der Waals surface area contributed by atoms with Crippen LogP contribution in [0, 0.1) is 6.92 Å². The molecule has 0 bridgehead atoms. The minimum Gasteiger partial charge on any atom is -0.465 e. The number of benzene rings is 2. The van der Waals surface area contributed by atoms with Gasteiger partial charge in [-0.25, -0.2) is 4.79 Å². The van der Waals surface area contributed by atoms with Crippen LogP contribution in [0.25, 0.3) is 10.9 Å². The van der Waals surface area contributed by atoms with Crippen molar-refractivity contribution in [3.63, 3.8) is 0 Å². The number of carbonyl (C=O) groups is 2. The zero-order chi connectivity index (χ0) is 18.8. The van der Waals surface area contributed by atoms with Crippen LogP contribution < -0.4 is 5.32 Å². The second kappa shape index (κ2) is 7.22. The molecule has 0 unspecified atom stereocenters. The Morgan fingerprint density at radius 1 is 1.15 bits per heavy atom. The number of ether oxygens (including phenoxy) is 1. The molecule has 1 amide bonds. The number of hydrogen-bond acceptors (Lipinski definition) is 3. The molecule has 134 valence electrons. The number of esters is 1. The van der Waals surface area contributed by atoms with Crippen molar-refractivity contribution < 1.29 is 14.3 Å². The summed E-state index contributed by atoms with van der Waals surface area (Å²) in [6, 6.07) is 12.2. The first-order valence-corrected chi connectivity index (χ1v) is 8.62. The Hall–Kier alpha value is -2.79. The zero-order valence-electron chi connectivity index (χ0n) is 14.8. The molecule has 1 aromatic heterocycles. The van der Waals surface area contributed by atoms with E-state index in [2.05, 4.69) is 10.1 Å². The number of amides is 1. The van der Waals surface area contributed by atoms with E-state index in [1.54, 1.807) is 24.3 Å². The highest BCUT2D eigenvalue weighted by molar-refractivity contribution is 6.31. The molecule has 0 aliphatic carbocycles. The molecule has 0 fully saturated rings. The van der Waals surface area contributed by atoms with Gasteiger partial charge in [0, 0.05) is 28.2 Å². The van der Waals surface area contributed by atoms with Crippen LogP contribution in [-0.4, -0.2) is 23.6 Å². The highest BCUT2D eigenvalue weighted by Crippen LogP contribution is 2.29. The molecule has 1 heterocycles. The Morgan fingerprint density at radius 2 is 1.85 bits per heavy atom. The normalized spacial score (nSPS) is 10.8. The summed E-state index contributed by atoms with van der Waals surface area (Å²) >= 11 is 6.11. The third-order valence-corrected chi connectivity index (χ3v) is 4.61.